The van der Waals surface area contributed by atoms with E-state index in [0.717, 1.165) is 52.5 Å². The Bertz CT molecular complexity index is 766. The highest BCUT2D eigenvalue weighted by Gasteiger charge is 2.31. The maximum absolute atomic E-state index is 12.2. The highest BCUT2D eigenvalue weighted by molar-refractivity contribution is 5.78. The molecule has 0 amide bonds. The molecule has 3 heterocycles. The van der Waals surface area contributed by atoms with Crippen molar-refractivity contribution in [2.24, 2.45) is 5.92 Å². The SMILES string of the molecule is O=c1[nH]c(NC[C@H]([C@@H]2CCOC2)N2CCOCC2)nc2ccccc12. The average molecular weight is 344 g/mol. The van der Waals surface area contributed by atoms with Crippen LogP contribution in [0, 0.1) is 5.92 Å². The van der Waals surface area contributed by atoms with Gasteiger partial charge in [0.15, 0.2) is 0 Å². The van der Waals surface area contributed by atoms with Crippen molar-refractivity contribution in [3.63, 3.8) is 0 Å². The average Bonchev–Trinajstić information content (AvgIpc) is 3.17. The van der Waals surface area contributed by atoms with Gasteiger partial charge in [0.1, 0.15) is 0 Å². The molecular formula is C18H24N4O3. The van der Waals surface area contributed by atoms with Gasteiger partial charge in [-0.1, -0.05) is 12.1 Å². The number of nitrogens with one attached hydrogen (secondary N) is 2. The molecule has 0 aliphatic carbocycles. The van der Waals surface area contributed by atoms with E-state index in [4.69, 9.17) is 9.47 Å². The van der Waals surface area contributed by atoms with E-state index in [1.165, 1.54) is 0 Å². The summed E-state index contributed by atoms with van der Waals surface area (Å²) in [4.78, 5) is 22.1. The first kappa shape index (κ1) is 16.5. The number of nitrogens with zero attached hydrogens (tertiary/aromatic N) is 2. The Labute approximate surface area is 146 Å². The lowest BCUT2D eigenvalue weighted by molar-refractivity contribution is 0.00458. The zero-order valence-corrected chi connectivity index (χ0v) is 14.2. The Morgan fingerprint density at radius 2 is 2.08 bits per heavy atom. The van der Waals surface area contributed by atoms with Gasteiger partial charge in [-0.15, -0.1) is 0 Å². The van der Waals surface area contributed by atoms with Crippen molar-refractivity contribution in [1.82, 2.24) is 14.9 Å². The molecule has 0 unspecified atom stereocenters. The maximum Gasteiger partial charge on any atom is 0.260 e. The molecular weight excluding hydrogens is 320 g/mol. The van der Waals surface area contributed by atoms with Crippen LogP contribution >= 0.6 is 0 Å². The van der Waals surface area contributed by atoms with Crippen LogP contribution in [0.3, 0.4) is 0 Å². The molecule has 1 aromatic carbocycles. The van der Waals surface area contributed by atoms with E-state index in [1.54, 1.807) is 6.07 Å². The number of benzene rings is 1. The van der Waals surface area contributed by atoms with Gasteiger partial charge in [-0.05, 0) is 18.6 Å². The third kappa shape index (κ3) is 3.68. The normalized spacial score (nSPS) is 23.0. The summed E-state index contributed by atoms with van der Waals surface area (Å²) in [5.41, 5.74) is 0.598. The van der Waals surface area contributed by atoms with Crippen LogP contribution in [0.1, 0.15) is 6.42 Å². The fraction of sp³-hybridized carbons (Fsp3) is 0.556. The summed E-state index contributed by atoms with van der Waals surface area (Å²) in [6.45, 7) is 5.77. The molecule has 0 bridgehead atoms. The van der Waals surface area contributed by atoms with Gasteiger partial charge in [-0.2, -0.15) is 0 Å². The summed E-state index contributed by atoms with van der Waals surface area (Å²) >= 11 is 0. The highest BCUT2D eigenvalue weighted by atomic mass is 16.5. The van der Waals surface area contributed by atoms with E-state index in [0.29, 0.717) is 28.8 Å². The van der Waals surface area contributed by atoms with E-state index in [9.17, 15) is 4.79 Å². The lowest BCUT2D eigenvalue weighted by atomic mass is 9.97. The predicted octanol–water partition coefficient (Wildman–Crippen LogP) is 1.07. The van der Waals surface area contributed by atoms with Crippen LogP contribution in [0.2, 0.25) is 0 Å². The van der Waals surface area contributed by atoms with Crippen LogP contribution in [-0.2, 0) is 9.47 Å². The Morgan fingerprint density at radius 3 is 2.88 bits per heavy atom. The van der Waals surface area contributed by atoms with Crippen molar-refractivity contribution in [1.29, 1.82) is 0 Å². The molecule has 2 atom stereocenters. The molecule has 25 heavy (non-hydrogen) atoms. The summed E-state index contributed by atoms with van der Waals surface area (Å²) in [5, 5.41) is 3.96. The lowest BCUT2D eigenvalue weighted by Crippen LogP contribution is -2.50. The maximum atomic E-state index is 12.2. The zero-order valence-electron chi connectivity index (χ0n) is 14.2. The third-order valence-electron chi connectivity index (χ3n) is 5.12. The monoisotopic (exact) mass is 344 g/mol. The van der Waals surface area contributed by atoms with Crippen molar-refractivity contribution in [2.75, 3.05) is 51.4 Å². The molecule has 2 aliphatic heterocycles. The number of H-pyrrole nitrogens is 1. The van der Waals surface area contributed by atoms with Crippen LogP contribution in [0.15, 0.2) is 29.1 Å². The first-order chi connectivity index (χ1) is 12.3. The summed E-state index contributed by atoms with van der Waals surface area (Å²) in [5.74, 6) is 1.03. The zero-order chi connectivity index (χ0) is 17.1. The van der Waals surface area contributed by atoms with Crippen LogP contribution < -0.4 is 10.9 Å². The number of rotatable bonds is 5. The quantitative estimate of drug-likeness (QED) is 0.845. The summed E-state index contributed by atoms with van der Waals surface area (Å²) in [6, 6.07) is 7.74. The topological polar surface area (TPSA) is 79.5 Å². The van der Waals surface area contributed by atoms with E-state index < -0.39 is 0 Å². The molecule has 7 nitrogen and oxygen atoms in total. The largest absolute Gasteiger partial charge is 0.381 e. The molecule has 2 N–H and O–H groups in total. The Balaban J connectivity index is 1.51. The lowest BCUT2D eigenvalue weighted by Gasteiger charge is -2.37. The van der Waals surface area contributed by atoms with Gasteiger partial charge in [-0.25, -0.2) is 4.98 Å². The second kappa shape index (κ2) is 7.51. The minimum Gasteiger partial charge on any atom is -0.381 e. The minimum absolute atomic E-state index is 0.111. The highest BCUT2D eigenvalue weighted by Crippen LogP contribution is 2.22. The van der Waals surface area contributed by atoms with E-state index >= 15 is 0 Å². The third-order valence-corrected chi connectivity index (χ3v) is 5.12. The second-order valence-electron chi connectivity index (χ2n) is 6.65. The van der Waals surface area contributed by atoms with Gasteiger partial charge in [0.05, 0.1) is 30.7 Å². The molecule has 1 aromatic heterocycles. The molecule has 7 heteroatoms. The summed E-state index contributed by atoms with van der Waals surface area (Å²) < 4.78 is 11.1. The Hall–Kier alpha value is -1.96. The van der Waals surface area contributed by atoms with Crippen molar-refractivity contribution in [2.45, 2.75) is 12.5 Å². The molecule has 4 rings (SSSR count). The number of hydrogen-bond donors (Lipinski definition) is 2. The number of morpholine rings is 1. The molecule has 0 spiro atoms. The fourth-order valence-corrected chi connectivity index (χ4v) is 3.73. The van der Waals surface area contributed by atoms with Gasteiger partial charge in [0.25, 0.3) is 5.56 Å². The second-order valence-corrected chi connectivity index (χ2v) is 6.65. The van der Waals surface area contributed by atoms with Gasteiger partial charge >= 0.3 is 0 Å². The number of fused-ring (bicyclic) bond motifs is 1. The van der Waals surface area contributed by atoms with Gasteiger partial charge in [0.2, 0.25) is 5.95 Å². The minimum atomic E-state index is -0.111. The van der Waals surface area contributed by atoms with Gasteiger partial charge in [-0.3, -0.25) is 14.7 Å². The van der Waals surface area contributed by atoms with Crippen molar-refractivity contribution >= 4 is 16.9 Å². The van der Waals surface area contributed by atoms with E-state index in [-0.39, 0.29) is 5.56 Å². The van der Waals surface area contributed by atoms with E-state index in [2.05, 4.69) is 20.2 Å². The number of aromatic nitrogens is 2. The molecule has 2 saturated heterocycles. The van der Waals surface area contributed by atoms with Crippen molar-refractivity contribution in [3.05, 3.63) is 34.6 Å². The number of anilines is 1. The number of hydrogen-bond acceptors (Lipinski definition) is 6. The first-order valence-electron chi connectivity index (χ1n) is 8.94. The predicted molar refractivity (Wildman–Crippen MR) is 96.0 cm³/mol. The van der Waals surface area contributed by atoms with Crippen LogP contribution in [0.4, 0.5) is 5.95 Å². The fourth-order valence-electron chi connectivity index (χ4n) is 3.73. The van der Waals surface area contributed by atoms with Gasteiger partial charge in [0, 0.05) is 38.2 Å². The number of ether oxygens (including phenoxy) is 2. The molecule has 2 aromatic rings. The summed E-state index contributed by atoms with van der Waals surface area (Å²) in [6.07, 6.45) is 1.07. The molecule has 134 valence electrons. The van der Waals surface area contributed by atoms with Crippen LogP contribution in [0.25, 0.3) is 10.9 Å². The number of para-hydroxylation sites is 1. The van der Waals surface area contributed by atoms with Crippen molar-refractivity contribution in [3.8, 4) is 0 Å². The molecule has 0 radical (unpaired) electrons. The Kier molecular flexibility index (Phi) is 4.96. The van der Waals surface area contributed by atoms with Gasteiger partial charge < -0.3 is 14.8 Å². The van der Waals surface area contributed by atoms with Crippen LogP contribution in [0.5, 0.6) is 0 Å². The molecule has 2 fully saturated rings. The first-order valence-corrected chi connectivity index (χ1v) is 8.94. The summed E-state index contributed by atoms with van der Waals surface area (Å²) in [7, 11) is 0. The Morgan fingerprint density at radius 1 is 1.24 bits per heavy atom. The van der Waals surface area contributed by atoms with Crippen molar-refractivity contribution < 1.29 is 9.47 Å². The number of aromatic amines is 1. The standard InChI is InChI=1S/C18H24N4O3/c23-17-14-3-1-2-4-15(14)20-18(21-17)19-11-16(13-5-8-25-12-13)22-6-9-24-10-7-22/h1-4,13,16H,5-12H2,(H2,19,20,21,23)/t13-,16-/m1/s1. The molecule has 0 saturated carbocycles. The molecule has 2 aliphatic rings. The van der Waals surface area contributed by atoms with E-state index in [1.807, 2.05) is 18.2 Å². The smallest absolute Gasteiger partial charge is 0.260 e. The van der Waals surface area contributed by atoms with Crippen LogP contribution in [-0.4, -0.2) is 67.0 Å².